The number of hydrogen-bond acceptors (Lipinski definition) is 5. The summed E-state index contributed by atoms with van der Waals surface area (Å²) in [5.41, 5.74) is 0.171. The monoisotopic (exact) mass is 222 g/mol. The van der Waals surface area contributed by atoms with Crippen LogP contribution in [0.5, 0.6) is 5.75 Å². The Kier molecular flexibility index (Phi) is 3.80. The first-order valence-corrected chi connectivity index (χ1v) is 4.52. The quantitative estimate of drug-likeness (QED) is 0.615. The fraction of sp³-hybridized carbons (Fsp3) is 0.300. The van der Waals surface area contributed by atoms with Crippen molar-refractivity contribution in [3.05, 3.63) is 33.9 Å². The van der Waals surface area contributed by atoms with E-state index in [1.165, 1.54) is 25.1 Å². The Balaban J connectivity index is 3.10. The third kappa shape index (κ3) is 2.68. The summed E-state index contributed by atoms with van der Waals surface area (Å²) in [5.74, 6) is 0.280. The van der Waals surface area contributed by atoms with E-state index < -0.39 is 11.0 Å². The van der Waals surface area contributed by atoms with Crippen molar-refractivity contribution in [2.24, 2.45) is 0 Å². The number of nitriles is 1. The zero-order valence-electron chi connectivity index (χ0n) is 8.58. The second kappa shape index (κ2) is 5.09. The second-order valence-corrected chi connectivity index (χ2v) is 3.10. The summed E-state index contributed by atoms with van der Waals surface area (Å²) < 4.78 is 5.04. The van der Waals surface area contributed by atoms with Crippen LogP contribution in [0.15, 0.2) is 18.2 Å². The number of nitrogens with zero attached hydrogens (tertiary/aromatic N) is 2. The van der Waals surface area contributed by atoms with Crippen LogP contribution in [0.3, 0.4) is 0 Å². The molecule has 0 aliphatic heterocycles. The maximum absolute atomic E-state index is 10.5. The molecule has 84 valence electrons. The Bertz CT molecular complexity index is 437. The molecule has 16 heavy (non-hydrogen) atoms. The number of rotatable bonds is 4. The van der Waals surface area contributed by atoms with E-state index in [2.05, 4.69) is 0 Å². The molecule has 6 nitrogen and oxygen atoms in total. The SMILES string of the molecule is C[C@H](O)c1cc([N+](=O)[O-])ccc1OCC#N. The molecule has 0 aliphatic carbocycles. The van der Waals surface area contributed by atoms with E-state index in [-0.39, 0.29) is 18.0 Å². The molecular formula is C10H10N2O4. The van der Waals surface area contributed by atoms with Gasteiger partial charge in [-0.25, -0.2) is 0 Å². The molecule has 0 saturated heterocycles. The highest BCUT2D eigenvalue weighted by molar-refractivity contribution is 5.44. The largest absolute Gasteiger partial charge is 0.478 e. The summed E-state index contributed by atoms with van der Waals surface area (Å²) in [6, 6.07) is 5.65. The van der Waals surface area contributed by atoms with Gasteiger partial charge in [-0.15, -0.1) is 0 Å². The number of non-ortho nitro benzene ring substituents is 1. The highest BCUT2D eigenvalue weighted by Crippen LogP contribution is 2.29. The Morgan fingerprint density at radius 2 is 2.38 bits per heavy atom. The van der Waals surface area contributed by atoms with Crippen molar-refractivity contribution in [2.45, 2.75) is 13.0 Å². The van der Waals surface area contributed by atoms with Crippen LogP contribution in [0.25, 0.3) is 0 Å². The first kappa shape index (κ1) is 11.9. The van der Waals surface area contributed by atoms with Gasteiger partial charge in [0, 0.05) is 17.7 Å². The maximum atomic E-state index is 10.5. The van der Waals surface area contributed by atoms with Crippen LogP contribution in [0.1, 0.15) is 18.6 Å². The molecule has 0 unspecified atom stereocenters. The second-order valence-electron chi connectivity index (χ2n) is 3.10. The smallest absolute Gasteiger partial charge is 0.270 e. The maximum Gasteiger partial charge on any atom is 0.270 e. The lowest BCUT2D eigenvalue weighted by molar-refractivity contribution is -0.385. The summed E-state index contributed by atoms with van der Waals surface area (Å²) >= 11 is 0. The summed E-state index contributed by atoms with van der Waals surface area (Å²) in [6.07, 6.45) is -0.895. The van der Waals surface area contributed by atoms with Gasteiger partial charge in [-0.1, -0.05) is 0 Å². The van der Waals surface area contributed by atoms with Crippen LogP contribution >= 0.6 is 0 Å². The summed E-state index contributed by atoms with van der Waals surface area (Å²) in [5, 5.41) is 28.3. The highest BCUT2D eigenvalue weighted by Gasteiger charge is 2.15. The van der Waals surface area contributed by atoms with Crippen LogP contribution in [-0.2, 0) is 0 Å². The molecule has 1 atom stereocenters. The predicted octanol–water partition coefficient (Wildman–Crippen LogP) is 1.55. The Labute approximate surface area is 91.8 Å². The average Bonchev–Trinajstić information content (AvgIpc) is 2.25. The zero-order valence-corrected chi connectivity index (χ0v) is 8.58. The lowest BCUT2D eigenvalue weighted by atomic mass is 10.1. The molecule has 0 aliphatic rings. The van der Waals surface area contributed by atoms with E-state index in [1.54, 1.807) is 6.07 Å². The molecule has 1 aromatic carbocycles. The van der Waals surface area contributed by atoms with Crippen molar-refractivity contribution in [1.82, 2.24) is 0 Å². The summed E-state index contributed by atoms with van der Waals surface area (Å²) in [7, 11) is 0. The van der Waals surface area contributed by atoms with Crippen LogP contribution in [0.2, 0.25) is 0 Å². The molecule has 0 saturated carbocycles. The van der Waals surface area contributed by atoms with E-state index in [4.69, 9.17) is 10.00 Å². The number of nitro benzene ring substituents is 1. The summed E-state index contributed by atoms with van der Waals surface area (Å²) in [6.45, 7) is 1.30. The predicted molar refractivity (Wildman–Crippen MR) is 54.8 cm³/mol. The topological polar surface area (TPSA) is 96.4 Å². The number of benzene rings is 1. The van der Waals surface area contributed by atoms with Gasteiger partial charge < -0.3 is 9.84 Å². The van der Waals surface area contributed by atoms with Crippen molar-refractivity contribution in [3.63, 3.8) is 0 Å². The van der Waals surface area contributed by atoms with Crippen molar-refractivity contribution >= 4 is 5.69 Å². The van der Waals surface area contributed by atoms with Crippen LogP contribution in [0.4, 0.5) is 5.69 Å². The molecule has 0 bridgehead atoms. The molecule has 0 fully saturated rings. The van der Waals surface area contributed by atoms with Crippen molar-refractivity contribution in [2.75, 3.05) is 6.61 Å². The first-order valence-electron chi connectivity index (χ1n) is 4.52. The van der Waals surface area contributed by atoms with Gasteiger partial charge in [0.25, 0.3) is 5.69 Å². The molecule has 0 heterocycles. The van der Waals surface area contributed by atoms with E-state index in [1.807, 2.05) is 0 Å². The van der Waals surface area contributed by atoms with E-state index in [0.29, 0.717) is 5.56 Å². The normalized spacial score (nSPS) is 11.6. The van der Waals surface area contributed by atoms with Gasteiger partial charge in [0.1, 0.15) is 11.8 Å². The third-order valence-electron chi connectivity index (χ3n) is 1.95. The van der Waals surface area contributed by atoms with Crippen molar-refractivity contribution in [3.8, 4) is 11.8 Å². The zero-order chi connectivity index (χ0) is 12.1. The molecule has 1 aromatic rings. The number of hydrogen-bond donors (Lipinski definition) is 1. The van der Waals surface area contributed by atoms with E-state index >= 15 is 0 Å². The number of ether oxygens (including phenoxy) is 1. The number of aliphatic hydroxyl groups excluding tert-OH is 1. The molecule has 1 N–H and O–H groups in total. The summed E-state index contributed by atoms with van der Waals surface area (Å²) in [4.78, 5) is 9.98. The minimum absolute atomic E-state index is 0.125. The highest BCUT2D eigenvalue weighted by atomic mass is 16.6. The minimum atomic E-state index is -0.895. The lowest BCUT2D eigenvalue weighted by Crippen LogP contribution is -2.01. The van der Waals surface area contributed by atoms with Crippen LogP contribution < -0.4 is 4.74 Å². The van der Waals surface area contributed by atoms with Gasteiger partial charge in [0.15, 0.2) is 6.61 Å². The van der Waals surface area contributed by atoms with Gasteiger partial charge in [0.2, 0.25) is 0 Å². The molecule has 1 rings (SSSR count). The Morgan fingerprint density at radius 3 is 2.88 bits per heavy atom. The number of nitro groups is 1. The third-order valence-corrected chi connectivity index (χ3v) is 1.95. The fourth-order valence-electron chi connectivity index (χ4n) is 1.22. The average molecular weight is 222 g/mol. The minimum Gasteiger partial charge on any atom is -0.478 e. The molecular weight excluding hydrogens is 212 g/mol. The van der Waals surface area contributed by atoms with Crippen molar-refractivity contribution < 1.29 is 14.8 Å². The Morgan fingerprint density at radius 1 is 1.69 bits per heavy atom. The van der Waals surface area contributed by atoms with E-state index in [0.717, 1.165) is 0 Å². The molecule has 0 radical (unpaired) electrons. The fourth-order valence-corrected chi connectivity index (χ4v) is 1.22. The van der Waals surface area contributed by atoms with Gasteiger partial charge >= 0.3 is 0 Å². The molecule has 0 aromatic heterocycles. The number of aliphatic hydroxyl groups is 1. The Hall–Kier alpha value is -2.13. The molecule has 0 amide bonds. The van der Waals surface area contributed by atoms with Gasteiger partial charge in [-0.2, -0.15) is 5.26 Å². The van der Waals surface area contributed by atoms with Gasteiger partial charge in [0.05, 0.1) is 11.0 Å². The molecule has 6 heteroatoms. The standard InChI is InChI=1S/C10H10N2O4/c1-7(13)9-6-8(12(14)15)2-3-10(9)16-5-4-11/h2-3,6-7,13H,5H2,1H3/t7-/m0/s1. The van der Waals surface area contributed by atoms with Crippen LogP contribution in [-0.4, -0.2) is 16.6 Å². The van der Waals surface area contributed by atoms with Gasteiger partial charge in [-0.3, -0.25) is 10.1 Å². The lowest BCUT2D eigenvalue weighted by Gasteiger charge is -2.10. The first-order chi connectivity index (χ1) is 7.56. The van der Waals surface area contributed by atoms with Crippen molar-refractivity contribution in [1.29, 1.82) is 5.26 Å². The van der Waals surface area contributed by atoms with E-state index in [9.17, 15) is 15.2 Å². The molecule has 0 spiro atoms. The van der Waals surface area contributed by atoms with Crippen LogP contribution in [0, 0.1) is 21.4 Å². The van der Waals surface area contributed by atoms with Gasteiger partial charge in [-0.05, 0) is 13.0 Å².